The molecule has 1 fully saturated rings. The SMILES string of the molecule is C=C(C)C(=O)OCC(=O)OC1CCC(OCC(=O)OCC(F)(F)C(F)(F)C(F)(F)F)CC1. The Bertz CT molecular complexity index is 698. The quantitative estimate of drug-likeness (QED) is 0.204. The Morgan fingerprint density at radius 2 is 1.38 bits per heavy atom. The Morgan fingerprint density at radius 1 is 0.844 bits per heavy atom. The lowest BCUT2D eigenvalue weighted by Gasteiger charge is -2.29. The van der Waals surface area contributed by atoms with Crippen LogP contribution in [-0.2, 0) is 33.3 Å². The molecule has 0 spiro atoms. The van der Waals surface area contributed by atoms with Crippen LogP contribution in [0, 0.1) is 0 Å². The lowest BCUT2D eigenvalue weighted by Crippen LogP contribution is -2.54. The molecule has 1 rings (SSSR count). The van der Waals surface area contributed by atoms with Crippen LogP contribution >= 0.6 is 0 Å². The van der Waals surface area contributed by atoms with Gasteiger partial charge in [0.05, 0.1) is 6.10 Å². The van der Waals surface area contributed by atoms with Gasteiger partial charge in [0.1, 0.15) is 12.7 Å². The summed E-state index contributed by atoms with van der Waals surface area (Å²) < 4.78 is 106. The fraction of sp³-hybridized carbons (Fsp3) is 0.722. The van der Waals surface area contributed by atoms with Crippen LogP contribution < -0.4 is 0 Å². The van der Waals surface area contributed by atoms with Crippen LogP contribution in [0.4, 0.5) is 30.7 Å². The number of hydrogen-bond acceptors (Lipinski definition) is 7. The minimum atomic E-state index is -6.52. The third kappa shape index (κ3) is 7.95. The van der Waals surface area contributed by atoms with Gasteiger partial charge < -0.3 is 18.9 Å². The minimum absolute atomic E-state index is 0.103. The standard InChI is InChI=1S/C18H21F7O7/c1-10(2)15(28)30-8-14(27)32-12-5-3-11(4-6-12)29-7-13(26)31-9-16(19,20)17(21,22)18(23,24)25/h11-12H,1,3-9H2,2H3. The molecular weight excluding hydrogens is 461 g/mol. The maximum Gasteiger partial charge on any atom is 0.460 e. The summed E-state index contributed by atoms with van der Waals surface area (Å²) in [5.41, 5.74) is 0.103. The van der Waals surface area contributed by atoms with Gasteiger partial charge in [0, 0.05) is 5.57 Å². The van der Waals surface area contributed by atoms with E-state index in [1.165, 1.54) is 6.92 Å². The van der Waals surface area contributed by atoms with Gasteiger partial charge in [-0.1, -0.05) is 6.58 Å². The summed E-state index contributed by atoms with van der Waals surface area (Å²) in [4.78, 5) is 34.2. The molecule has 0 atom stereocenters. The largest absolute Gasteiger partial charge is 0.460 e. The maximum absolute atomic E-state index is 13.1. The first kappa shape index (κ1) is 27.7. The molecular formula is C18H21F7O7. The highest BCUT2D eigenvalue weighted by molar-refractivity contribution is 5.88. The highest BCUT2D eigenvalue weighted by Crippen LogP contribution is 2.46. The Kier molecular flexibility index (Phi) is 9.48. The Hall–Kier alpha value is -2.38. The van der Waals surface area contributed by atoms with Crippen molar-refractivity contribution in [2.75, 3.05) is 19.8 Å². The number of carbonyl (C=O) groups excluding carboxylic acids is 3. The molecule has 0 N–H and O–H groups in total. The highest BCUT2D eigenvalue weighted by Gasteiger charge is 2.73. The van der Waals surface area contributed by atoms with Gasteiger partial charge in [-0.25, -0.2) is 14.4 Å². The van der Waals surface area contributed by atoms with Gasteiger partial charge in [-0.3, -0.25) is 0 Å². The van der Waals surface area contributed by atoms with Gasteiger partial charge in [0.2, 0.25) is 0 Å². The average molecular weight is 482 g/mol. The van der Waals surface area contributed by atoms with Gasteiger partial charge in [-0.05, 0) is 32.6 Å². The predicted octanol–water partition coefficient (Wildman–Crippen LogP) is 3.35. The van der Waals surface area contributed by atoms with E-state index >= 15 is 0 Å². The van der Waals surface area contributed by atoms with Crippen molar-refractivity contribution in [3.63, 3.8) is 0 Å². The molecule has 0 amide bonds. The molecule has 14 heteroatoms. The molecule has 0 unspecified atom stereocenters. The van der Waals surface area contributed by atoms with Crippen LogP contribution in [0.1, 0.15) is 32.6 Å². The third-order valence-corrected chi connectivity index (χ3v) is 4.26. The van der Waals surface area contributed by atoms with E-state index in [4.69, 9.17) is 9.47 Å². The van der Waals surface area contributed by atoms with Crippen molar-refractivity contribution in [3.8, 4) is 0 Å². The van der Waals surface area contributed by atoms with Crippen molar-refractivity contribution in [3.05, 3.63) is 12.2 Å². The van der Waals surface area contributed by atoms with Crippen molar-refractivity contribution in [1.29, 1.82) is 0 Å². The van der Waals surface area contributed by atoms with E-state index in [-0.39, 0.29) is 31.3 Å². The van der Waals surface area contributed by atoms with Crippen LogP contribution in [0.25, 0.3) is 0 Å². The number of hydrogen-bond donors (Lipinski definition) is 0. The molecule has 0 aromatic heterocycles. The summed E-state index contributed by atoms with van der Waals surface area (Å²) in [6.07, 6.45) is -6.53. The van der Waals surface area contributed by atoms with Crippen LogP contribution in [0.15, 0.2) is 12.2 Å². The normalized spacial score (nSPS) is 19.8. The first-order valence-corrected chi connectivity index (χ1v) is 9.18. The van der Waals surface area contributed by atoms with Crippen molar-refractivity contribution in [2.24, 2.45) is 0 Å². The molecule has 1 aliphatic carbocycles. The number of halogens is 7. The molecule has 0 saturated heterocycles. The van der Waals surface area contributed by atoms with Gasteiger partial charge in [0.25, 0.3) is 0 Å². The number of rotatable bonds is 10. The molecule has 7 nitrogen and oxygen atoms in total. The number of carbonyl (C=O) groups is 3. The number of esters is 3. The first-order valence-electron chi connectivity index (χ1n) is 9.18. The molecule has 184 valence electrons. The molecule has 32 heavy (non-hydrogen) atoms. The maximum atomic E-state index is 13.1. The minimum Gasteiger partial charge on any atom is -0.460 e. The monoisotopic (exact) mass is 482 g/mol. The average Bonchev–Trinajstić information content (AvgIpc) is 2.68. The second-order valence-electron chi connectivity index (χ2n) is 6.99. The van der Waals surface area contributed by atoms with E-state index < -0.39 is 68.0 Å². The van der Waals surface area contributed by atoms with E-state index in [1.54, 1.807) is 0 Å². The van der Waals surface area contributed by atoms with Gasteiger partial charge >= 0.3 is 35.9 Å². The van der Waals surface area contributed by atoms with Gasteiger partial charge in [0.15, 0.2) is 13.2 Å². The number of alkyl halides is 7. The summed E-state index contributed by atoms with van der Waals surface area (Å²) in [7, 11) is 0. The second kappa shape index (κ2) is 11.0. The molecule has 0 radical (unpaired) electrons. The molecule has 0 aliphatic heterocycles. The van der Waals surface area contributed by atoms with E-state index in [2.05, 4.69) is 16.1 Å². The van der Waals surface area contributed by atoms with Crippen LogP contribution in [0.3, 0.4) is 0 Å². The van der Waals surface area contributed by atoms with E-state index in [0.29, 0.717) is 0 Å². The zero-order valence-electron chi connectivity index (χ0n) is 16.8. The van der Waals surface area contributed by atoms with Gasteiger partial charge in [-0.2, -0.15) is 30.7 Å². The summed E-state index contributed by atoms with van der Waals surface area (Å²) in [5, 5.41) is 0. The van der Waals surface area contributed by atoms with Crippen LogP contribution in [0.5, 0.6) is 0 Å². The van der Waals surface area contributed by atoms with Gasteiger partial charge in [-0.15, -0.1) is 0 Å². The predicted molar refractivity (Wildman–Crippen MR) is 90.8 cm³/mol. The van der Waals surface area contributed by atoms with Crippen LogP contribution in [0.2, 0.25) is 0 Å². The Morgan fingerprint density at radius 3 is 1.88 bits per heavy atom. The summed E-state index contributed by atoms with van der Waals surface area (Å²) in [5.74, 6) is -15.1. The van der Waals surface area contributed by atoms with Crippen molar-refractivity contribution in [1.82, 2.24) is 0 Å². The fourth-order valence-corrected chi connectivity index (χ4v) is 2.48. The summed E-state index contributed by atoms with van der Waals surface area (Å²) in [6.45, 7) is 0.717. The zero-order valence-corrected chi connectivity index (χ0v) is 16.8. The molecule has 0 aromatic rings. The zero-order chi connectivity index (χ0) is 24.7. The molecule has 0 aromatic carbocycles. The Labute approximate surface area is 177 Å². The first-order chi connectivity index (χ1) is 14.6. The summed E-state index contributed by atoms with van der Waals surface area (Å²) >= 11 is 0. The Balaban J connectivity index is 2.32. The molecule has 1 saturated carbocycles. The lowest BCUT2D eigenvalue weighted by molar-refractivity contribution is -0.359. The van der Waals surface area contributed by atoms with Crippen molar-refractivity contribution < 1.29 is 64.1 Å². The second-order valence-corrected chi connectivity index (χ2v) is 6.99. The van der Waals surface area contributed by atoms with E-state index in [1.807, 2.05) is 0 Å². The number of ether oxygens (including phenoxy) is 4. The molecule has 1 aliphatic rings. The lowest BCUT2D eigenvalue weighted by atomic mass is 9.95. The highest BCUT2D eigenvalue weighted by atomic mass is 19.4. The van der Waals surface area contributed by atoms with Crippen LogP contribution in [-0.4, -0.2) is 68.0 Å². The topological polar surface area (TPSA) is 88.1 Å². The van der Waals surface area contributed by atoms with E-state index in [9.17, 15) is 45.1 Å². The summed E-state index contributed by atoms with van der Waals surface area (Å²) in [6, 6.07) is 0. The fourth-order valence-electron chi connectivity index (χ4n) is 2.48. The third-order valence-electron chi connectivity index (χ3n) is 4.26. The molecule has 0 heterocycles. The van der Waals surface area contributed by atoms with E-state index in [0.717, 1.165) is 0 Å². The van der Waals surface area contributed by atoms with Crippen molar-refractivity contribution >= 4 is 17.9 Å². The molecule has 0 bridgehead atoms. The van der Waals surface area contributed by atoms with Crippen molar-refractivity contribution in [2.45, 2.75) is 62.8 Å². The smallest absolute Gasteiger partial charge is 0.460 e.